The second-order valence-electron chi connectivity index (χ2n) is 5.27. The van der Waals surface area contributed by atoms with Gasteiger partial charge in [-0.05, 0) is 36.4 Å². The molecule has 0 atom stereocenters. The Labute approximate surface area is 152 Å². The summed E-state index contributed by atoms with van der Waals surface area (Å²) in [6.07, 6.45) is -4.53. The van der Waals surface area contributed by atoms with E-state index in [4.69, 9.17) is 14.6 Å². The summed E-state index contributed by atoms with van der Waals surface area (Å²) < 4.78 is 70.9. The number of hydrogen-bond donors (Lipinski definition) is 2. The van der Waals surface area contributed by atoms with Crippen molar-refractivity contribution in [3.8, 4) is 11.5 Å². The highest BCUT2D eigenvalue weighted by atomic mass is 32.2. The number of methoxy groups -OCH3 is 1. The van der Waals surface area contributed by atoms with Crippen LogP contribution in [0.15, 0.2) is 47.4 Å². The van der Waals surface area contributed by atoms with Crippen molar-refractivity contribution < 1.29 is 35.9 Å². The van der Waals surface area contributed by atoms with Crippen molar-refractivity contribution in [1.82, 2.24) is 0 Å². The minimum Gasteiger partial charge on any atom is -0.495 e. The van der Waals surface area contributed by atoms with Crippen LogP contribution < -0.4 is 19.9 Å². The van der Waals surface area contributed by atoms with Gasteiger partial charge < -0.3 is 14.8 Å². The zero-order valence-electron chi connectivity index (χ0n) is 13.9. The summed E-state index contributed by atoms with van der Waals surface area (Å²) in [4.78, 5) is 11.6. The van der Waals surface area contributed by atoms with Gasteiger partial charge in [0.05, 0.1) is 12.7 Å². The summed E-state index contributed by atoms with van der Waals surface area (Å²) >= 11 is 0. The van der Waals surface area contributed by atoms with Crippen molar-refractivity contribution in [1.29, 1.82) is 0 Å². The maximum atomic E-state index is 12.6. The molecule has 2 aromatic rings. The number of carbonyl (C=O) groups excluding carboxylic acids is 1. The first kappa shape index (κ1) is 20.5. The summed E-state index contributed by atoms with van der Waals surface area (Å²) in [5, 5.41) is 7.44. The number of benzene rings is 2. The van der Waals surface area contributed by atoms with Crippen LogP contribution in [-0.4, -0.2) is 28.0 Å². The molecule has 0 radical (unpaired) electrons. The second-order valence-corrected chi connectivity index (χ2v) is 6.80. The van der Waals surface area contributed by atoms with Gasteiger partial charge in [-0.3, -0.25) is 4.79 Å². The first-order valence-electron chi connectivity index (χ1n) is 7.31. The van der Waals surface area contributed by atoms with Gasteiger partial charge in [0.15, 0.2) is 6.61 Å². The van der Waals surface area contributed by atoms with E-state index in [1.165, 1.54) is 25.3 Å². The number of hydrogen-bond acceptors (Lipinski definition) is 5. The summed E-state index contributed by atoms with van der Waals surface area (Å²) in [5.74, 6) is -0.853. The molecule has 7 nitrogen and oxygen atoms in total. The Balaban J connectivity index is 2.07. The first-order chi connectivity index (χ1) is 12.5. The number of nitrogens with one attached hydrogen (secondary N) is 1. The number of ether oxygens (including phenoxy) is 2. The molecule has 0 spiro atoms. The Hall–Kier alpha value is -2.79. The van der Waals surface area contributed by atoms with Gasteiger partial charge in [-0.1, -0.05) is 6.07 Å². The number of amides is 1. The number of nitrogens with two attached hydrogens (primary N) is 1. The normalized spacial score (nSPS) is 11.7. The molecule has 2 rings (SSSR count). The maximum Gasteiger partial charge on any atom is 0.416 e. The average molecular weight is 404 g/mol. The van der Waals surface area contributed by atoms with E-state index in [2.05, 4.69) is 5.32 Å². The van der Waals surface area contributed by atoms with Gasteiger partial charge in [0, 0.05) is 5.69 Å². The standard InChI is InChI=1S/C16H15F3N2O5S/c1-25-13-6-5-11(8-14(13)27(20,23)24)21-15(22)9-26-12-4-2-3-10(7-12)16(17,18)19/h2-8H,9H2,1H3,(H,21,22)(H2,20,23,24). The van der Waals surface area contributed by atoms with Crippen LogP contribution in [0.5, 0.6) is 11.5 Å². The van der Waals surface area contributed by atoms with Crippen LogP contribution in [0.1, 0.15) is 5.56 Å². The highest BCUT2D eigenvalue weighted by Crippen LogP contribution is 2.31. The lowest BCUT2D eigenvalue weighted by Gasteiger charge is -2.12. The number of anilines is 1. The molecule has 0 heterocycles. The van der Waals surface area contributed by atoms with Crippen LogP contribution in [0, 0.1) is 0 Å². The van der Waals surface area contributed by atoms with Crippen molar-refractivity contribution in [3.05, 3.63) is 48.0 Å². The van der Waals surface area contributed by atoms with Crippen LogP contribution in [-0.2, 0) is 21.0 Å². The smallest absolute Gasteiger partial charge is 0.416 e. The lowest BCUT2D eigenvalue weighted by Crippen LogP contribution is -2.21. The second kappa shape index (κ2) is 7.84. The van der Waals surface area contributed by atoms with Gasteiger partial charge in [-0.2, -0.15) is 13.2 Å². The Morgan fingerprint density at radius 1 is 1.19 bits per heavy atom. The van der Waals surface area contributed by atoms with Crippen molar-refractivity contribution in [2.24, 2.45) is 5.14 Å². The third kappa shape index (κ3) is 5.59. The molecule has 27 heavy (non-hydrogen) atoms. The summed E-state index contributed by atoms with van der Waals surface area (Å²) in [6.45, 7) is -0.585. The molecule has 0 saturated heterocycles. The van der Waals surface area contributed by atoms with Gasteiger partial charge >= 0.3 is 6.18 Å². The maximum absolute atomic E-state index is 12.6. The SMILES string of the molecule is COc1ccc(NC(=O)COc2cccc(C(F)(F)F)c2)cc1S(N)(=O)=O. The van der Waals surface area contributed by atoms with Crippen LogP contribution in [0.2, 0.25) is 0 Å². The Morgan fingerprint density at radius 3 is 2.48 bits per heavy atom. The molecule has 1 amide bonds. The minimum absolute atomic E-state index is 0.00397. The van der Waals surface area contributed by atoms with Gasteiger partial charge in [-0.25, -0.2) is 13.6 Å². The number of rotatable bonds is 6. The third-order valence-electron chi connectivity index (χ3n) is 3.29. The number of primary sulfonamides is 1. The first-order valence-corrected chi connectivity index (χ1v) is 8.86. The molecule has 0 aromatic heterocycles. The van der Waals surface area contributed by atoms with Crippen LogP contribution >= 0.6 is 0 Å². The van der Waals surface area contributed by atoms with Gasteiger partial charge in [-0.15, -0.1) is 0 Å². The van der Waals surface area contributed by atoms with E-state index in [9.17, 15) is 26.4 Å². The average Bonchev–Trinajstić information content (AvgIpc) is 2.59. The molecule has 0 saturated carbocycles. The zero-order chi connectivity index (χ0) is 20.2. The number of carbonyl (C=O) groups is 1. The molecule has 0 aliphatic rings. The molecular formula is C16H15F3N2O5S. The summed E-state index contributed by atoms with van der Waals surface area (Å²) in [6, 6.07) is 7.82. The van der Waals surface area contributed by atoms with E-state index in [0.717, 1.165) is 24.3 Å². The Kier molecular flexibility index (Phi) is 5.96. The van der Waals surface area contributed by atoms with Gasteiger partial charge in [0.1, 0.15) is 16.4 Å². The lowest BCUT2D eigenvalue weighted by atomic mass is 10.2. The number of sulfonamides is 1. The topological polar surface area (TPSA) is 108 Å². The minimum atomic E-state index is -4.53. The predicted octanol–water partition coefficient (Wildman–Crippen LogP) is 2.38. The fourth-order valence-corrected chi connectivity index (χ4v) is 2.81. The van der Waals surface area contributed by atoms with E-state index in [1.54, 1.807) is 0 Å². The highest BCUT2D eigenvalue weighted by Gasteiger charge is 2.30. The molecule has 146 valence electrons. The van der Waals surface area contributed by atoms with Crippen molar-refractivity contribution in [2.75, 3.05) is 19.0 Å². The monoisotopic (exact) mass is 404 g/mol. The quantitative estimate of drug-likeness (QED) is 0.769. The van der Waals surface area contributed by atoms with Crippen LogP contribution in [0.4, 0.5) is 18.9 Å². The molecule has 2 aromatic carbocycles. The van der Waals surface area contributed by atoms with Crippen molar-refractivity contribution in [3.63, 3.8) is 0 Å². The molecule has 0 aliphatic carbocycles. The molecular weight excluding hydrogens is 389 g/mol. The van der Waals surface area contributed by atoms with Gasteiger partial charge in [0.25, 0.3) is 5.91 Å². The molecule has 0 bridgehead atoms. The Morgan fingerprint density at radius 2 is 1.89 bits per heavy atom. The molecule has 11 heteroatoms. The summed E-state index contributed by atoms with van der Waals surface area (Å²) in [5.41, 5.74) is -0.814. The third-order valence-corrected chi connectivity index (χ3v) is 4.22. The largest absolute Gasteiger partial charge is 0.495 e. The number of alkyl halides is 3. The van der Waals surface area contributed by atoms with Crippen molar-refractivity contribution in [2.45, 2.75) is 11.1 Å². The van der Waals surface area contributed by atoms with Crippen LogP contribution in [0.3, 0.4) is 0 Å². The fraction of sp³-hybridized carbons (Fsp3) is 0.188. The van der Waals surface area contributed by atoms with E-state index in [0.29, 0.717) is 0 Å². The van der Waals surface area contributed by atoms with E-state index in [-0.39, 0.29) is 22.1 Å². The van der Waals surface area contributed by atoms with Gasteiger partial charge in [0.2, 0.25) is 10.0 Å². The molecule has 0 fully saturated rings. The zero-order valence-corrected chi connectivity index (χ0v) is 14.7. The summed E-state index contributed by atoms with van der Waals surface area (Å²) in [7, 11) is -2.84. The lowest BCUT2D eigenvalue weighted by molar-refractivity contribution is -0.137. The fourth-order valence-electron chi connectivity index (χ4n) is 2.08. The molecule has 3 N–H and O–H groups in total. The highest BCUT2D eigenvalue weighted by molar-refractivity contribution is 7.89. The van der Waals surface area contributed by atoms with Crippen molar-refractivity contribution >= 4 is 21.6 Å². The van der Waals surface area contributed by atoms with E-state index < -0.39 is 34.3 Å². The predicted molar refractivity (Wildman–Crippen MR) is 89.9 cm³/mol. The Bertz CT molecular complexity index is 945. The number of halogens is 3. The molecule has 0 aliphatic heterocycles. The van der Waals surface area contributed by atoms with Crippen LogP contribution in [0.25, 0.3) is 0 Å². The van der Waals surface area contributed by atoms with E-state index in [1.807, 2.05) is 0 Å². The van der Waals surface area contributed by atoms with E-state index >= 15 is 0 Å². The molecule has 0 unspecified atom stereocenters.